The van der Waals surface area contributed by atoms with Crippen molar-refractivity contribution in [3.63, 3.8) is 0 Å². The molecule has 2 atom stereocenters. The summed E-state index contributed by atoms with van der Waals surface area (Å²) in [5.74, 6) is -0.377. The maximum absolute atomic E-state index is 14.0. The number of hydrogen-bond donors (Lipinski definition) is 2. The Morgan fingerprint density at radius 3 is 2.55 bits per heavy atom. The molecule has 38 heavy (non-hydrogen) atoms. The Balaban J connectivity index is 1.61. The first-order valence-corrected chi connectivity index (χ1v) is 13.5. The SMILES string of the molecule is C[C@@H](C(=O)NC1CSc2c(N)cccc2N(Cc2cccc3ccccc23)C1=O)N(C)C(=O)OC(C)(C)C. The summed E-state index contributed by atoms with van der Waals surface area (Å²) in [5.41, 5.74) is 7.90. The van der Waals surface area contributed by atoms with E-state index in [9.17, 15) is 14.4 Å². The van der Waals surface area contributed by atoms with Crippen LogP contribution >= 0.6 is 11.8 Å². The van der Waals surface area contributed by atoms with Crippen LogP contribution < -0.4 is 16.0 Å². The summed E-state index contributed by atoms with van der Waals surface area (Å²) in [4.78, 5) is 43.4. The van der Waals surface area contributed by atoms with Crippen molar-refractivity contribution in [3.8, 4) is 0 Å². The van der Waals surface area contributed by atoms with Crippen molar-refractivity contribution in [2.45, 2.75) is 56.8 Å². The van der Waals surface area contributed by atoms with Crippen LogP contribution in [-0.2, 0) is 20.9 Å². The molecule has 0 spiro atoms. The molecule has 9 heteroatoms. The lowest BCUT2D eigenvalue weighted by Crippen LogP contribution is -2.54. The van der Waals surface area contributed by atoms with Gasteiger partial charge in [-0.15, -0.1) is 11.8 Å². The zero-order valence-electron chi connectivity index (χ0n) is 22.4. The minimum atomic E-state index is -0.843. The molecular weight excluding hydrogens is 500 g/mol. The van der Waals surface area contributed by atoms with E-state index in [1.807, 2.05) is 60.7 Å². The number of nitrogen functional groups attached to an aromatic ring is 1. The van der Waals surface area contributed by atoms with Gasteiger partial charge in [0, 0.05) is 18.5 Å². The third-order valence-electron chi connectivity index (χ3n) is 6.44. The zero-order valence-corrected chi connectivity index (χ0v) is 23.2. The largest absolute Gasteiger partial charge is 0.444 e. The first kappa shape index (κ1) is 27.3. The molecule has 1 heterocycles. The number of carbonyl (C=O) groups is 3. The Bertz CT molecular complexity index is 1360. The third-order valence-corrected chi connectivity index (χ3v) is 7.67. The molecule has 3 amide bonds. The first-order valence-electron chi connectivity index (χ1n) is 12.5. The molecular formula is C29H34N4O4S. The Hall–Kier alpha value is -3.72. The van der Waals surface area contributed by atoms with E-state index in [2.05, 4.69) is 5.32 Å². The standard InChI is InChI=1S/C29H34N4O4S/c1-18(32(5)28(36)37-29(2,3)4)26(34)31-23-17-38-25-22(30)14-9-15-24(25)33(27(23)35)16-20-12-8-11-19-10-6-7-13-21(19)20/h6-15,18,23H,16-17,30H2,1-5H3,(H,31,34)/t18-,23?/m0/s1. The molecule has 200 valence electrons. The van der Waals surface area contributed by atoms with E-state index < -0.39 is 29.7 Å². The normalized spacial score (nSPS) is 16.4. The summed E-state index contributed by atoms with van der Waals surface area (Å²) in [5, 5.41) is 5.01. The van der Waals surface area contributed by atoms with Crippen molar-refractivity contribution in [1.29, 1.82) is 0 Å². The fraction of sp³-hybridized carbons (Fsp3) is 0.345. The highest BCUT2D eigenvalue weighted by Crippen LogP contribution is 2.39. The van der Waals surface area contributed by atoms with E-state index in [0.29, 0.717) is 23.7 Å². The lowest BCUT2D eigenvalue weighted by molar-refractivity contribution is -0.129. The maximum atomic E-state index is 14.0. The van der Waals surface area contributed by atoms with Gasteiger partial charge < -0.3 is 20.7 Å². The van der Waals surface area contributed by atoms with Crippen LogP contribution in [0, 0.1) is 0 Å². The summed E-state index contributed by atoms with van der Waals surface area (Å²) in [6, 6.07) is 17.9. The number of ether oxygens (including phenoxy) is 1. The Morgan fingerprint density at radius 2 is 1.82 bits per heavy atom. The van der Waals surface area contributed by atoms with E-state index in [-0.39, 0.29) is 5.91 Å². The van der Waals surface area contributed by atoms with Gasteiger partial charge in [0.2, 0.25) is 5.91 Å². The number of nitrogens with zero attached hydrogens (tertiary/aromatic N) is 2. The highest BCUT2D eigenvalue weighted by molar-refractivity contribution is 7.99. The number of likely N-dealkylation sites (N-methyl/N-ethyl adjacent to an activating group) is 1. The number of benzene rings is 3. The second kappa shape index (κ2) is 10.9. The van der Waals surface area contributed by atoms with Crippen LogP contribution in [0.25, 0.3) is 10.8 Å². The number of hydrogen-bond acceptors (Lipinski definition) is 6. The topological polar surface area (TPSA) is 105 Å². The Kier molecular flexibility index (Phi) is 7.87. The summed E-state index contributed by atoms with van der Waals surface area (Å²) in [6.07, 6.45) is -0.612. The molecule has 0 aromatic heterocycles. The molecule has 0 saturated heterocycles. The van der Waals surface area contributed by atoms with Gasteiger partial charge in [-0.1, -0.05) is 48.5 Å². The fourth-order valence-corrected chi connectivity index (χ4v) is 5.40. The Morgan fingerprint density at radius 1 is 1.13 bits per heavy atom. The molecule has 0 fully saturated rings. The van der Waals surface area contributed by atoms with Gasteiger partial charge in [-0.3, -0.25) is 14.5 Å². The van der Waals surface area contributed by atoms with E-state index in [1.165, 1.54) is 23.7 Å². The average molecular weight is 535 g/mol. The molecule has 0 radical (unpaired) electrons. The molecule has 0 bridgehead atoms. The van der Waals surface area contributed by atoms with Gasteiger partial charge in [0.25, 0.3) is 5.91 Å². The minimum absolute atomic E-state index is 0.241. The number of nitrogens with two attached hydrogens (primary N) is 1. The van der Waals surface area contributed by atoms with Crippen LogP contribution in [-0.4, -0.2) is 53.3 Å². The molecule has 3 aromatic carbocycles. The van der Waals surface area contributed by atoms with Crippen LogP contribution in [0.5, 0.6) is 0 Å². The predicted molar refractivity (Wildman–Crippen MR) is 152 cm³/mol. The summed E-state index contributed by atoms with van der Waals surface area (Å²) < 4.78 is 5.39. The van der Waals surface area contributed by atoms with Crippen LogP contribution in [0.3, 0.4) is 0 Å². The van der Waals surface area contributed by atoms with E-state index in [0.717, 1.165) is 21.2 Å². The molecule has 0 aliphatic carbocycles. The maximum Gasteiger partial charge on any atom is 0.410 e. The summed E-state index contributed by atoms with van der Waals surface area (Å²) in [6.45, 7) is 7.21. The van der Waals surface area contributed by atoms with E-state index in [1.54, 1.807) is 32.6 Å². The van der Waals surface area contributed by atoms with Gasteiger partial charge in [-0.2, -0.15) is 0 Å². The Labute approximate surface area is 227 Å². The molecule has 3 aromatic rings. The van der Waals surface area contributed by atoms with Crippen molar-refractivity contribution < 1.29 is 19.1 Å². The number of rotatable bonds is 5. The molecule has 3 N–H and O–H groups in total. The number of thioether (sulfide) groups is 1. The third kappa shape index (κ3) is 5.88. The molecule has 4 rings (SSSR count). The van der Waals surface area contributed by atoms with Crippen LogP contribution in [0.1, 0.15) is 33.3 Å². The van der Waals surface area contributed by atoms with Gasteiger partial charge in [0.15, 0.2) is 0 Å². The smallest absolute Gasteiger partial charge is 0.410 e. The summed E-state index contributed by atoms with van der Waals surface area (Å²) in [7, 11) is 1.51. The van der Waals surface area contributed by atoms with Crippen molar-refractivity contribution in [2.24, 2.45) is 0 Å². The molecule has 1 aliphatic rings. The number of fused-ring (bicyclic) bond motifs is 2. The number of nitrogens with one attached hydrogen (secondary N) is 1. The molecule has 1 aliphatic heterocycles. The van der Waals surface area contributed by atoms with Gasteiger partial charge in [-0.25, -0.2) is 4.79 Å². The van der Waals surface area contributed by atoms with Crippen molar-refractivity contribution in [1.82, 2.24) is 10.2 Å². The summed E-state index contributed by atoms with van der Waals surface area (Å²) >= 11 is 1.43. The quantitative estimate of drug-likeness (QED) is 0.456. The van der Waals surface area contributed by atoms with Crippen molar-refractivity contribution >= 4 is 51.8 Å². The van der Waals surface area contributed by atoms with E-state index >= 15 is 0 Å². The predicted octanol–water partition coefficient (Wildman–Crippen LogP) is 4.80. The van der Waals surface area contributed by atoms with Crippen molar-refractivity contribution in [3.05, 3.63) is 66.2 Å². The number of amides is 3. The van der Waals surface area contributed by atoms with Crippen LogP contribution in [0.2, 0.25) is 0 Å². The monoisotopic (exact) mass is 534 g/mol. The average Bonchev–Trinajstić information content (AvgIpc) is 3.00. The van der Waals surface area contributed by atoms with Gasteiger partial charge in [0.05, 0.1) is 17.1 Å². The first-order chi connectivity index (χ1) is 18.0. The van der Waals surface area contributed by atoms with Crippen LogP contribution in [0.4, 0.5) is 16.2 Å². The second-order valence-corrected chi connectivity index (χ2v) is 11.4. The number of carbonyl (C=O) groups excluding carboxylic acids is 3. The van der Waals surface area contributed by atoms with Gasteiger partial charge in [-0.05, 0) is 56.2 Å². The second-order valence-electron chi connectivity index (χ2n) is 10.4. The minimum Gasteiger partial charge on any atom is -0.444 e. The lowest BCUT2D eigenvalue weighted by Gasteiger charge is -2.30. The van der Waals surface area contributed by atoms with E-state index in [4.69, 9.17) is 10.5 Å². The van der Waals surface area contributed by atoms with Gasteiger partial charge >= 0.3 is 6.09 Å². The lowest BCUT2D eigenvalue weighted by atomic mass is 10.0. The molecule has 1 unspecified atom stereocenters. The van der Waals surface area contributed by atoms with Crippen LogP contribution in [0.15, 0.2) is 65.6 Å². The zero-order chi connectivity index (χ0) is 27.6. The molecule has 0 saturated carbocycles. The van der Waals surface area contributed by atoms with Gasteiger partial charge in [0.1, 0.15) is 17.7 Å². The number of anilines is 2. The highest BCUT2D eigenvalue weighted by atomic mass is 32.2. The highest BCUT2D eigenvalue weighted by Gasteiger charge is 2.35. The molecule has 8 nitrogen and oxygen atoms in total. The van der Waals surface area contributed by atoms with Crippen molar-refractivity contribution in [2.75, 3.05) is 23.4 Å². The fourth-order valence-electron chi connectivity index (χ4n) is 4.28.